The Labute approximate surface area is 119 Å². The molecule has 0 unspecified atom stereocenters. The average Bonchev–Trinajstić information content (AvgIpc) is 2.69. The van der Waals surface area contributed by atoms with Crippen LogP contribution < -0.4 is 4.90 Å². The first-order valence-electron chi connectivity index (χ1n) is 5.92. The number of carbonyl (C=O) groups is 1. The topological polar surface area (TPSA) is 25.2 Å². The first-order valence-corrected chi connectivity index (χ1v) is 6.71. The lowest BCUT2D eigenvalue weighted by Crippen LogP contribution is -2.32. The quantitative estimate of drug-likeness (QED) is 0.847. The highest BCUT2D eigenvalue weighted by molar-refractivity contribution is 9.10. The summed E-state index contributed by atoms with van der Waals surface area (Å²) in [5.74, 6) is -0.502. The van der Waals surface area contributed by atoms with Crippen LogP contribution in [0, 0.1) is 5.82 Å². The van der Waals surface area contributed by atoms with E-state index in [1.807, 2.05) is 13.1 Å². The van der Waals surface area contributed by atoms with Gasteiger partial charge in [0, 0.05) is 29.9 Å². The molecule has 100 valence electrons. The van der Waals surface area contributed by atoms with Gasteiger partial charge in [-0.1, -0.05) is 6.07 Å². The van der Waals surface area contributed by atoms with Gasteiger partial charge in [-0.05, 0) is 47.1 Å². The van der Waals surface area contributed by atoms with Crippen LogP contribution in [0.5, 0.6) is 0 Å². The lowest BCUT2D eigenvalue weighted by atomic mass is 10.2. The number of hydrogen-bond donors (Lipinski definition) is 0. The Hall–Kier alpha value is -1.62. The van der Waals surface area contributed by atoms with Crippen molar-refractivity contribution in [3.05, 3.63) is 52.5 Å². The van der Waals surface area contributed by atoms with E-state index in [1.54, 1.807) is 34.7 Å². The minimum absolute atomic E-state index is 0.152. The van der Waals surface area contributed by atoms with Crippen molar-refractivity contribution < 1.29 is 9.18 Å². The Kier molecular flexibility index (Phi) is 4.04. The molecule has 1 amide bonds. The highest BCUT2D eigenvalue weighted by Gasteiger charge is 2.19. The van der Waals surface area contributed by atoms with Gasteiger partial charge in [-0.3, -0.25) is 4.79 Å². The number of nitrogens with zero attached hydrogens (tertiary/aromatic N) is 2. The summed E-state index contributed by atoms with van der Waals surface area (Å²) in [5, 5.41) is 0. The molecule has 3 nitrogen and oxygen atoms in total. The third-order valence-electron chi connectivity index (χ3n) is 2.87. The minimum Gasteiger partial charge on any atom is -0.345 e. The van der Waals surface area contributed by atoms with Crippen molar-refractivity contribution >= 4 is 27.5 Å². The summed E-state index contributed by atoms with van der Waals surface area (Å²) >= 11 is 3.34. The smallest absolute Gasteiger partial charge is 0.274 e. The fourth-order valence-electron chi connectivity index (χ4n) is 1.96. The summed E-state index contributed by atoms with van der Waals surface area (Å²) in [6, 6.07) is 7.80. The minimum atomic E-state index is -0.350. The van der Waals surface area contributed by atoms with Gasteiger partial charge >= 0.3 is 0 Å². The van der Waals surface area contributed by atoms with Crippen molar-refractivity contribution in [2.45, 2.75) is 6.92 Å². The third-order valence-corrected chi connectivity index (χ3v) is 3.31. The van der Waals surface area contributed by atoms with Crippen molar-refractivity contribution in [3.63, 3.8) is 0 Å². The molecule has 1 aromatic carbocycles. The van der Waals surface area contributed by atoms with Gasteiger partial charge in [-0.15, -0.1) is 0 Å². The van der Waals surface area contributed by atoms with Crippen LogP contribution in [0.1, 0.15) is 17.4 Å². The fourth-order valence-corrected chi connectivity index (χ4v) is 2.49. The van der Waals surface area contributed by atoms with E-state index in [2.05, 4.69) is 15.9 Å². The van der Waals surface area contributed by atoms with E-state index in [1.165, 1.54) is 12.1 Å². The second-order valence-corrected chi connectivity index (χ2v) is 5.10. The number of aromatic nitrogens is 1. The molecule has 1 heterocycles. The molecule has 0 aliphatic carbocycles. The third kappa shape index (κ3) is 2.87. The maximum absolute atomic E-state index is 13.3. The van der Waals surface area contributed by atoms with Crippen molar-refractivity contribution in [2.75, 3.05) is 11.4 Å². The molecule has 0 fully saturated rings. The summed E-state index contributed by atoms with van der Waals surface area (Å²) in [7, 11) is 1.80. The van der Waals surface area contributed by atoms with E-state index in [-0.39, 0.29) is 11.7 Å². The molecule has 5 heteroatoms. The summed E-state index contributed by atoms with van der Waals surface area (Å²) in [4.78, 5) is 14.0. The van der Waals surface area contributed by atoms with Crippen molar-refractivity contribution in [2.24, 2.45) is 7.05 Å². The lowest BCUT2D eigenvalue weighted by Gasteiger charge is -2.21. The van der Waals surface area contributed by atoms with Crippen molar-refractivity contribution in [3.8, 4) is 0 Å². The number of carbonyl (C=O) groups excluding carboxylic acids is 1. The van der Waals surface area contributed by atoms with Crippen LogP contribution in [0.3, 0.4) is 0 Å². The van der Waals surface area contributed by atoms with Crippen LogP contribution in [-0.4, -0.2) is 17.0 Å². The first-order chi connectivity index (χ1) is 9.02. The average molecular weight is 325 g/mol. The first kappa shape index (κ1) is 13.8. The van der Waals surface area contributed by atoms with E-state index in [4.69, 9.17) is 0 Å². The molecule has 0 N–H and O–H groups in total. The van der Waals surface area contributed by atoms with E-state index < -0.39 is 0 Å². The van der Waals surface area contributed by atoms with Crippen LogP contribution in [-0.2, 0) is 7.05 Å². The fraction of sp³-hybridized carbons (Fsp3) is 0.214. The Morgan fingerprint density at radius 1 is 1.42 bits per heavy atom. The van der Waals surface area contributed by atoms with Crippen LogP contribution in [0.2, 0.25) is 0 Å². The second kappa shape index (κ2) is 5.57. The molecule has 0 spiro atoms. The normalized spacial score (nSPS) is 10.5. The maximum Gasteiger partial charge on any atom is 0.274 e. The maximum atomic E-state index is 13.3. The van der Waals surface area contributed by atoms with Gasteiger partial charge in [0.05, 0.1) is 0 Å². The summed E-state index contributed by atoms with van der Waals surface area (Å²) in [6.07, 6.45) is 1.81. The number of anilines is 1. The monoisotopic (exact) mass is 324 g/mol. The number of rotatable bonds is 3. The molecular formula is C14H14BrFN2O. The number of halogens is 2. The SMILES string of the molecule is CCN(C(=O)c1cc(Br)cn1C)c1cccc(F)c1. The van der Waals surface area contributed by atoms with Crippen molar-refractivity contribution in [1.29, 1.82) is 0 Å². The number of hydrogen-bond acceptors (Lipinski definition) is 1. The van der Waals surface area contributed by atoms with E-state index in [0.29, 0.717) is 17.9 Å². The zero-order chi connectivity index (χ0) is 14.0. The standard InChI is InChI=1S/C14H14BrFN2O/c1-3-18(12-6-4-5-11(16)8-12)14(19)13-7-10(15)9-17(13)2/h4-9H,3H2,1-2H3. The van der Waals surface area contributed by atoms with Gasteiger partial charge < -0.3 is 9.47 Å². The molecule has 0 radical (unpaired) electrons. The Morgan fingerprint density at radius 3 is 2.68 bits per heavy atom. The number of amides is 1. The molecular weight excluding hydrogens is 311 g/mol. The van der Waals surface area contributed by atoms with E-state index >= 15 is 0 Å². The molecule has 19 heavy (non-hydrogen) atoms. The predicted molar refractivity (Wildman–Crippen MR) is 76.9 cm³/mol. The summed E-state index contributed by atoms with van der Waals surface area (Å²) in [5.41, 5.74) is 1.11. The summed E-state index contributed by atoms with van der Waals surface area (Å²) in [6.45, 7) is 2.34. The van der Waals surface area contributed by atoms with Gasteiger partial charge in [0.25, 0.3) is 5.91 Å². The largest absolute Gasteiger partial charge is 0.345 e. The van der Waals surface area contributed by atoms with Crippen LogP contribution in [0.25, 0.3) is 0 Å². The molecule has 0 atom stereocenters. The molecule has 0 bridgehead atoms. The molecule has 2 rings (SSSR count). The summed E-state index contributed by atoms with van der Waals surface area (Å²) < 4.78 is 15.8. The molecule has 1 aromatic heterocycles. The number of aryl methyl sites for hydroxylation is 1. The predicted octanol–water partition coefficient (Wildman–Crippen LogP) is 3.59. The zero-order valence-electron chi connectivity index (χ0n) is 10.7. The van der Waals surface area contributed by atoms with Gasteiger partial charge in [0.1, 0.15) is 11.5 Å². The molecule has 0 saturated heterocycles. The van der Waals surface area contributed by atoms with Crippen LogP contribution in [0.15, 0.2) is 41.0 Å². The molecule has 0 saturated carbocycles. The van der Waals surface area contributed by atoms with E-state index in [0.717, 1.165) is 4.47 Å². The van der Waals surface area contributed by atoms with Gasteiger partial charge in [0.15, 0.2) is 0 Å². The highest BCUT2D eigenvalue weighted by Crippen LogP contribution is 2.20. The van der Waals surface area contributed by atoms with Gasteiger partial charge in [-0.25, -0.2) is 4.39 Å². The Balaban J connectivity index is 2.37. The van der Waals surface area contributed by atoms with Gasteiger partial charge in [0.2, 0.25) is 0 Å². The van der Waals surface area contributed by atoms with Crippen LogP contribution in [0.4, 0.5) is 10.1 Å². The zero-order valence-corrected chi connectivity index (χ0v) is 12.3. The van der Waals surface area contributed by atoms with Crippen molar-refractivity contribution in [1.82, 2.24) is 4.57 Å². The molecule has 0 aliphatic rings. The van der Waals surface area contributed by atoms with Gasteiger partial charge in [-0.2, -0.15) is 0 Å². The lowest BCUT2D eigenvalue weighted by molar-refractivity contribution is 0.0980. The Bertz CT molecular complexity index is 609. The molecule has 0 aliphatic heterocycles. The second-order valence-electron chi connectivity index (χ2n) is 4.18. The van der Waals surface area contributed by atoms with Crippen LogP contribution >= 0.6 is 15.9 Å². The number of benzene rings is 1. The highest BCUT2D eigenvalue weighted by atomic mass is 79.9. The Morgan fingerprint density at radius 2 is 2.16 bits per heavy atom. The molecule has 2 aromatic rings. The van der Waals surface area contributed by atoms with E-state index in [9.17, 15) is 9.18 Å².